The Morgan fingerprint density at radius 3 is 2.42 bits per heavy atom. The van der Waals surface area contributed by atoms with Gasteiger partial charge in [-0.05, 0) is 36.8 Å². The molecule has 0 spiro atoms. The number of rotatable bonds is 5. The molecule has 1 aliphatic heterocycles. The van der Waals surface area contributed by atoms with Gasteiger partial charge in [-0.1, -0.05) is 41.4 Å². The second-order valence-corrected chi connectivity index (χ2v) is 6.85. The van der Waals surface area contributed by atoms with E-state index in [1.165, 1.54) is 11.1 Å². The first-order chi connectivity index (χ1) is 12.6. The van der Waals surface area contributed by atoms with Crippen LogP contribution in [0.25, 0.3) is 0 Å². The molecule has 2 amide bonds. The second-order valence-electron chi connectivity index (χ2n) is 6.42. The van der Waals surface area contributed by atoms with E-state index in [0.717, 1.165) is 26.3 Å². The van der Waals surface area contributed by atoms with Crippen LogP contribution in [-0.4, -0.2) is 43.8 Å². The van der Waals surface area contributed by atoms with Crippen LogP contribution >= 0.6 is 11.6 Å². The average molecular weight is 374 g/mol. The van der Waals surface area contributed by atoms with Gasteiger partial charge in [-0.3, -0.25) is 4.90 Å². The molecule has 1 unspecified atom stereocenters. The highest BCUT2D eigenvalue weighted by molar-refractivity contribution is 6.30. The number of nitrogens with one attached hydrogen (secondary N) is 2. The van der Waals surface area contributed by atoms with Gasteiger partial charge in [0.1, 0.15) is 0 Å². The number of hydrogen-bond acceptors (Lipinski definition) is 3. The Balaban J connectivity index is 1.64. The van der Waals surface area contributed by atoms with Crippen molar-refractivity contribution in [3.8, 4) is 0 Å². The fourth-order valence-corrected chi connectivity index (χ4v) is 3.16. The summed E-state index contributed by atoms with van der Waals surface area (Å²) in [5, 5.41) is 6.47. The molecule has 26 heavy (non-hydrogen) atoms. The zero-order chi connectivity index (χ0) is 18.4. The number of ether oxygens (including phenoxy) is 1. The molecular weight excluding hydrogens is 350 g/mol. The van der Waals surface area contributed by atoms with E-state index in [4.69, 9.17) is 16.3 Å². The maximum atomic E-state index is 12.3. The summed E-state index contributed by atoms with van der Waals surface area (Å²) < 4.78 is 5.47. The van der Waals surface area contributed by atoms with Crippen LogP contribution in [0, 0.1) is 6.92 Å². The molecule has 138 valence electrons. The molecule has 0 aromatic heterocycles. The van der Waals surface area contributed by atoms with Crippen molar-refractivity contribution < 1.29 is 9.53 Å². The molecule has 0 aliphatic carbocycles. The maximum absolute atomic E-state index is 12.3. The van der Waals surface area contributed by atoms with Crippen molar-refractivity contribution >= 4 is 23.3 Å². The third kappa shape index (κ3) is 5.21. The Morgan fingerprint density at radius 1 is 1.12 bits per heavy atom. The summed E-state index contributed by atoms with van der Waals surface area (Å²) in [4.78, 5) is 14.6. The van der Waals surface area contributed by atoms with Gasteiger partial charge >= 0.3 is 6.03 Å². The van der Waals surface area contributed by atoms with Gasteiger partial charge < -0.3 is 15.4 Å². The lowest BCUT2D eigenvalue weighted by atomic mass is 10.0. The first-order valence-corrected chi connectivity index (χ1v) is 9.18. The topological polar surface area (TPSA) is 53.6 Å². The second kappa shape index (κ2) is 9.03. The number of benzene rings is 2. The zero-order valence-corrected chi connectivity index (χ0v) is 15.6. The molecule has 1 heterocycles. The van der Waals surface area contributed by atoms with Crippen LogP contribution in [0.2, 0.25) is 5.02 Å². The third-order valence-electron chi connectivity index (χ3n) is 4.51. The predicted molar refractivity (Wildman–Crippen MR) is 105 cm³/mol. The Labute approximate surface area is 159 Å². The molecule has 2 N–H and O–H groups in total. The third-order valence-corrected chi connectivity index (χ3v) is 4.76. The fraction of sp³-hybridized carbons (Fsp3) is 0.350. The maximum Gasteiger partial charge on any atom is 0.319 e. The Bertz CT molecular complexity index is 713. The van der Waals surface area contributed by atoms with E-state index in [2.05, 4.69) is 46.7 Å². The molecule has 6 heteroatoms. The van der Waals surface area contributed by atoms with Gasteiger partial charge in [-0.15, -0.1) is 0 Å². The number of aryl methyl sites for hydroxylation is 1. The van der Waals surface area contributed by atoms with Crippen molar-refractivity contribution in [3.63, 3.8) is 0 Å². The molecule has 1 fully saturated rings. The number of morpholine rings is 1. The molecular formula is C20H24ClN3O2. The fourth-order valence-electron chi connectivity index (χ4n) is 3.03. The highest BCUT2D eigenvalue weighted by Gasteiger charge is 2.23. The minimum Gasteiger partial charge on any atom is -0.379 e. The molecule has 2 aromatic carbocycles. The summed E-state index contributed by atoms with van der Waals surface area (Å²) in [6, 6.07) is 15.4. The van der Waals surface area contributed by atoms with Crippen molar-refractivity contribution in [3.05, 3.63) is 64.7 Å². The normalized spacial score (nSPS) is 16.1. The number of hydrogen-bond donors (Lipinski definition) is 2. The first-order valence-electron chi connectivity index (χ1n) is 8.80. The molecule has 0 bridgehead atoms. The zero-order valence-electron chi connectivity index (χ0n) is 14.9. The lowest BCUT2D eigenvalue weighted by Crippen LogP contribution is -2.44. The van der Waals surface area contributed by atoms with Crippen LogP contribution in [0.1, 0.15) is 17.2 Å². The van der Waals surface area contributed by atoms with Crippen molar-refractivity contribution in [2.75, 3.05) is 38.2 Å². The van der Waals surface area contributed by atoms with Crippen LogP contribution in [0.3, 0.4) is 0 Å². The van der Waals surface area contributed by atoms with Gasteiger partial charge in [-0.2, -0.15) is 0 Å². The molecule has 2 aromatic rings. The minimum absolute atomic E-state index is 0.121. The number of halogens is 1. The highest BCUT2D eigenvalue weighted by atomic mass is 35.5. The van der Waals surface area contributed by atoms with Gasteiger partial charge in [0, 0.05) is 30.3 Å². The van der Waals surface area contributed by atoms with Gasteiger partial charge in [0.05, 0.1) is 19.3 Å². The SMILES string of the molecule is Cc1ccc(C(CNC(=O)Nc2ccc(Cl)cc2)N2CCOCC2)cc1. The summed E-state index contributed by atoms with van der Waals surface area (Å²) >= 11 is 5.87. The van der Waals surface area contributed by atoms with Gasteiger partial charge in [-0.25, -0.2) is 4.79 Å². The molecule has 0 radical (unpaired) electrons. The van der Waals surface area contributed by atoms with E-state index in [1.807, 2.05) is 0 Å². The number of amides is 2. The molecule has 1 aliphatic rings. The number of carbonyl (C=O) groups is 1. The molecule has 3 rings (SSSR count). The summed E-state index contributed by atoms with van der Waals surface area (Å²) in [6.45, 7) is 5.77. The van der Waals surface area contributed by atoms with Crippen LogP contribution < -0.4 is 10.6 Å². The molecule has 1 saturated heterocycles. The first kappa shape index (κ1) is 18.7. The van der Waals surface area contributed by atoms with E-state index in [9.17, 15) is 4.79 Å². The quantitative estimate of drug-likeness (QED) is 0.837. The van der Waals surface area contributed by atoms with Crippen molar-refractivity contribution in [1.29, 1.82) is 0 Å². The van der Waals surface area contributed by atoms with Gasteiger partial charge in [0.2, 0.25) is 0 Å². The lowest BCUT2D eigenvalue weighted by molar-refractivity contribution is 0.0168. The molecule has 1 atom stereocenters. The summed E-state index contributed by atoms with van der Waals surface area (Å²) in [5.74, 6) is 0. The van der Waals surface area contributed by atoms with E-state index in [1.54, 1.807) is 24.3 Å². The number of carbonyl (C=O) groups excluding carboxylic acids is 1. The molecule has 5 nitrogen and oxygen atoms in total. The monoisotopic (exact) mass is 373 g/mol. The van der Waals surface area contributed by atoms with Crippen molar-refractivity contribution in [2.45, 2.75) is 13.0 Å². The van der Waals surface area contributed by atoms with Gasteiger partial charge in [0.25, 0.3) is 0 Å². The van der Waals surface area contributed by atoms with E-state index >= 15 is 0 Å². The Morgan fingerprint density at radius 2 is 1.77 bits per heavy atom. The Hall–Kier alpha value is -2.08. The summed E-state index contributed by atoms with van der Waals surface area (Å²) in [6.07, 6.45) is 0. The standard InChI is InChI=1S/C20H24ClN3O2/c1-15-2-4-16(5-3-15)19(24-10-12-26-13-11-24)14-22-20(25)23-18-8-6-17(21)7-9-18/h2-9,19H,10-14H2,1H3,(H2,22,23,25). The van der Waals surface area contributed by atoms with Gasteiger partial charge in [0.15, 0.2) is 0 Å². The Kier molecular flexibility index (Phi) is 6.50. The number of nitrogens with zero attached hydrogens (tertiary/aromatic N) is 1. The lowest BCUT2D eigenvalue weighted by Gasteiger charge is -2.35. The largest absolute Gasteiger partial charge is 0.379 e. The smallest absolute Gasteiger partial charge is 0.319 e. The van der Waals surface area contributed by atoms with Crippen molar-refractivity contribution in [2.24, 2.45) is 0 Å². The average Bonchev–Trinajstić information content (AvgIpc) is 2.66. The van der Waals surface area contributed by atoms with Crippen LogP contribution in [0.4, 0.5) is 10.5 Å². The number of urea groups is 1. The van der Waals surface area contributed by atoms with Crippen LogP contribution in [-0.2, 0) is 4.74 Å². The molecule has 0 saturated carbocycles. The summed E-state index contributed by atoms with van der Waals surface area (Å²) in [5.41, 5.74) is 3.14. The highest BCUT2D eigenvalue weighted by Crippen LogP contribution is 2.22. The minimum atomic E-state index is -0.224. The number of anilines is 1. The van der Waals surface area contributed by atoms with Crippen molar-refractivity contribution in [1.82, 2.24) is 10.2 Å². The van der Waals surface area contributed by atoms with E-state index in [0.29, 0.717) is 17.3 Å². The van der Waals surface area contributed by atoms with Crippen LogP contribution in [0.5, 0.6) is 0 Å². The van der Waals surface area contributed by atoms with Crippen LogP contribution in [0.15, 0.2) is 48.5 Å². The predicted octanol–water partition coefficient (Wildman–Crippen LogP) is 3.84. The summed E-state index contributed by atoms with van der Waals surface area (Å²) in [7, 11) is 0. The van der Waals surface area contributed by atoms with E-state index in [-0.39, 0.29) is 12.1 Å². The van der Waals surface area contributed by atoms with E-state index < -0.39 is 0 Å².